The molecule has 0 unspecified atom stereocenters. The van der Waals surface area contributed by atoms with Crippen LogP contribution in [0.2, 0.25) is 0 Å². The first-order valence-corrected chi connectivity index (χ1v) is 17.2. The minimum absolute atomic E-state index is 0.149. The molecule has 6 rings (SSSR count). The summed E-state index contributed by atoms with van der Waals surface area (Å²) in [6.45, 7) is 6.29. The van der Waals surface area contributed by atoms with Crippen molar-refractivity contribution in [2.45, 2.75) is 83.5 Å². The van der Waals surface area contributed by atoms with Gasteiger partial charge in [-0.2, -0.15) is 5.10 Å². The molecular weight excluding hydrogens is 614 g/mol. The molecule has 9 heteroatoms. The fraction of sp³-hybridized carbons (Fsp3) is 0.375. The maximum absolute atomic E-state index is 12.7. The SMILES string of the molecule is COc1ccc(Cn2nc(NC3CCC(N(C)C(=O)OC(C)(C)C)CC3)c3c(CCc4cccc(Oc5ccccc5)c4)ccnc32)cc1. The Kier molecular flexibility index (Phi) is 10.4. The Hall–Kier alpha value is -5.05. The molecule has 2 heterocycles. The second-order valence-electron chi connectivity index (χ2n) is 13.8. The number of ether oxygens (including phenoxy) is 3. The summed E-state index contributed by atoms with van der Waals surface area (Å²) < 4.78 is 19.1. The van der Waals surface area contributed by atoms with E-state index in [1.807, 2.05) is 93.3 Å². The van der Waals surface area contributed by atoms with Crippen LogP contribution in [0.15, 0.2) is 91.1 Å². The van der Waals surface area contributed by atoms with Crippen LogP contribution < -0.4 is 14.8 Å². The average Bonchev–Trinajstić information content (AvgIpc) is 3.44. The number of hydrogen-bond acceptors (Lipinski definition) is 7. The van der Waals surface area contributed by atoms with Gasteiger partial charge >= 0.3 is 6.09 Å². The fourth-order valence-electron chi connectivity index (χ4n) is 6.44. The molecule has 1 aliphatic rings. The number of carbonyl (C=O) groups excluding carboxylic acids is 1. The molecule has 0 saturated heterocycles. The van der Waals surface area contributed by atoms with Gasteiger partial charge < -0.3 is 24.4 Å². The number of pyridine rings is 1. The zero-order chi connectivity index (χ0) is 34.4. The molecule has 1 saturated carbocycles. The number of nitrogens with zero attached hydrogens (tertiary/aromatic N) is 4. The third-order valence-electron chi connectivity index (χ3n) is 9.04. The summed E-state index contributed by atoms with van der Waals surface area (Å²) in [5.74, 6) is 3.33. The molecule has 256 valence electrons. The monoisotopic (exact) mass is 661 g/mol. The predicted octanol–water partition coefficient (Wildman–Crippen LogP) is 8.66. The molecule has 1 N–H and O–H groups in total. The number of amides is 1. The smallest absolute Gasteiger partial charge is 0.410 e. The van der Waals surface area contributed by atoms with E-state index in [-0.39, 0.29) is 18.2 Å². The first-order valence-electron chi connectivity index (χ1n) is 17.2. The summed E-state index contributed by atoms with van der Waals surface area (Å²) in [4.78, 5) is 19.3. The minimum atomic E-state index is -0.514. The highest BCUT2D eigenvalue weighted by molar-refractivity contribution is 5.91. The highest BCUT2D eigenvalue weighted by Gasteiger charge is 2.30. The molecule has 49 heavy (non-hydrogen) atoms. The fourth-order valence-corrected chi connectivity index (χ4v) is 6.44. The van der Waals surface area contributed by atoms with E-state index in [2.05, 4.69) is 35.6 Å². The summed E-state index contributed by atoms with van der Waals surface area (Å²) >= 11 is 0. The van der Waals surface area contributed by atoms with Crippen molar-refractivity contribution >= 4 is 22.9 Å². The lowest BCUT2D eigenvalue weighted by Gasteiger charge is -2.35. The van der Waals surface area contributed by atoms with Crippen molar-refractivity contribution in [3.63, 3.8) is 0 Å². The van der Waals surface area contributed by atoms with Crippen molar-refractivity contribution in [1.82, 2.24) is 19.7 Å². The van der Waals surface area contributed by atoms with Crippen molar-refractivity contribution in [3.05, 3.63) is 108 Å². The van der Waals surface area contributed by atoms with Crippen LogP contribution >= 0.6 is 0 Å². The van der Waals surface area contributed by atoms with E-state index in [0.717, 1.165) is 78.2 Å². The summed E-state index contributed by atoms with van der Waals surface area (Å²) in [5, 5.41) is 9.99. The van der Waals surface area contributed by atoms with E-state index in [4.69, 9.17) is 24.3 Å². The number of fused-ring (bicyclic) bond motifs is 1. The van der Waals surface area contributed by atoms with Crippen LogP contribution in [0.3, 0.4) is 0 Å². The second kappa shape index (κ2) is 15.0. The van der Waals surface area contributed by atoms with Gasteiger partial charge in [0.1, 0.15) is 22.8 Å². The maximum Gasteiger partial charge on any atom is 0.410 e. The lowest BCUT2D eigenvalue weighted by Crippen LogP contribution is -2.43. The number of carbonyl (C=O) groups is 1. The summed E-state index contributed by atoms with van der Waals surface area (Å²) in [6, 6.07) is 28.7. The summed E-state index contributed by atoms with van der Waals surface area (Å²) in [5.41, 5.74) is 3.85. The molecule has 9 nitrogen and oxygen atoms in total. The summed E-state index contributed by atoms with van der Waals surface area (Å²) in [6.07, 6.45) is 6.93. The molecule has 0 atom stereocenters. The van der Waals surface area contributed by atoms with E-state index < -0.39 is 5.60 Å². The van der Waals surface area contributed by atoms with Crippen LogP contribution in [0.1, 0.15) is 63.1 Å². The normalized spacial score (nSPS) is 16.3. The Morgan fingerprint density at radius 3 is 2.33 bits per heavy atom. The van der Waals surface area contributed by atoms with Crippen molar-refractivity contribution < 1.29 is 19.0 Å². The Morgan fingerprint density at radius 2 is 1.61 bits per heavy atom. The van der Waals surface area contributed by atoms with Gasteiger partial charge in [-0.15, -0.1) is 0 Å². The van der Waals surface area contributed by atoms with E-state index >= 15 is 0 Å². The van der Waals surface area contributed by atoms with Crippen molar-refractivity contribution in [2.24, 2.45) is 0 Å². The number of nitrogens with one attached hydrogen (secondary N) is 1. The van der Waals surface area contributed by atoms with Crippen LogP contribution in [-0.4, -0.2) is 57.6 Å². The minimum Gasteiger partial charge on any atom is -0.497 e. The van der Waals surface area contributed by atoms with Crippen LogP contribution in [0.5, 0.6) is 17.2 Å². The first kappa shape index (κ1) is 33.8. The Morgan fingerprint density at radius 1 is 0.878 bits per heavy atom. The lowest BCUT2D eigenvalue weighted by molar-refractivity contribution is 0.0185. The molecule has 0 spiro atoms. The molecule has 1 fully saturated rings. The van der Waals surface area contributed by atoms with Crippen LogP contribution in [-0.2, 0) is 24.1 Å². The zero-order valence-electron chi connectivity index (χ0n) is 29.2. The highest BCUT2D eigenvalue weighted by Crippen LogP contribution is 2.32. The van der Waals surface area contributed by atoms with E-state index in [9.17, 15) is 4.79 Å². The average molecular weight is 662 g/mol. The largest absolute Gasteiger partial charge is 0.497 e. The van der Waals surface area contributed by atoms with Crippen molar-refractivity contribution in [3.8, 4) is 17.2 Å². The van der Waals surface area contributed by atoms with Gasteiger partial charge in [0, 0.05) is 25.3 Å². The first-order chi connectivity index (χ1) is 23.6. The molecule has 0 bridgehead atoms. The van der Waals surface area contributed by atoms with Crippen molar-refractivity contribution in [2.75, 3.05) is 19.5 Å². The molecular formula is C40H47N5O4. The van der Waals surface area contributed by atoms with Crippen LogP contribution in [0.25, 0.3) is 11.0 Å². The zero-order valence-corrected chi connectivity index (χ0v) is 29.2. The molecule has 0 aliphatic heterocycles. The number of benzene rings is 3. The standard InChI is InChI=1S/C40H47N5O4/c1-40(2,3)49-39(46)44(4)32-20-18-31(19-21-32)42-37-36-30(17-14-28-10-9-13-35(26-28)48-34-11-7-6-8-12-34)24-25-41-38(36)45(43-37)27-29-15-22-33(47-5)23-16-29/h6-13,15-16,22-26,31-32H,14,17-21,27H2,1-5H3,(H,42,43). The molecule has 5 aromatic rings. The number of methoxy groups -OCH3 is 1. The van der Waals surface area contributed by atoms with Gasteiger partial charge in [0.15, 0.2) is 11.5 Å². The Labute approximate surface area is 289 Å². The Bertz CT molecular complexity index is 1840. The molecule has 0 radical (unpaired) electrons. The van der Waals surface area contributed by atoms with Gasteiger partial charge in [0.2, 0.25) is 0 Å². The van der Waals surface area contributed by atoms with Gasteiger partial charge in [0.25, 0.3) is 0 Å². The lowest BCUT2D eigenvalue weighted by atomic mass is 9.90. The highest BCUT2D eigenvalue weighted by atomic mass is 16.6. The predicted molar refractivity (Wildman–Crippen MR) is 194 cm³/mol. The van der Waals surface area contributed by atoms with Gasteiger partial charge in [-0.25, -0.2) is 14.5 Å². The number of para-hydroxylation sites is 1. The van der Waals surface area contributed by atoms with Gasteiger partial charge in [-0.1, -0.05) is 42.5 Å². The topological polar surface area (TPSA) is 90.7 Å². The Balaban J connectivity index is 1.21. The van der Waals surface area contributed by atoms with Gasteiger partial charge in [0.05, 0.1) is 19.0 Å². The third kappa shape index (κ3) is 8.71. The second-order valence-corrected chi connectivity index (χ2v) is 13.8. The number of rotatable bonds is 11. The third-order valence-corrected chi connectivity index (χ3v) is 9.04. The molecule has 3 aromatic carbocycles. The number of aryl methyl sites for hydroxylation is 2. The van der Waals surface area contributed by atoms with E-state index in [1.54, 1.807) is 12.0 Å². The molecule has 1 aliphatic carbocycles. The number of anilines is 1. The van der Waals surface area contributed by atoms with E-state index in [1.165, 1.54) is 11.1 Å². The molecule has 2 aromatic heterocycles. The molecule has 1 amide bonds. The number of aromatic nitrogens is 3. The quantitative estimate of drug-likeness (QED) is 0.152. The summed E-state index contributed by atoms with van der Waals surface area (Å²) in [7, 11) is 3.53. The van der Waals surface area contributed by atoms with Gasteiger partial charge in [-0.3, -0.25) is 0 Å². The van der Waals surface area contributed by atoms with Crippen LogP contribution in [0.4, 0.5) is 10.6 Å². The van der Waals surface area contributed by atoms with Crippen molar-refractivity contribution in [1.29, 1.82) is 0 Å². The van der Waals surface area contributed by atoms with Gasteiger partial charge in [-0.05, 0) is 118 Å². The van der Waals surface area contributed by atoms with Crippen LogP contribution in [0, 0.1) is 0 Å². The number of hydrogen-bond donors (Lipinski definition) is 1. The van der Waals surface area contributed by atoms with E-state index in [0.29, 0.717) is 6.54 Å². The maximum atomic E-state index is 12.7.